The molecule has 1 unspecified atom stereocenters. The molecule has 1 aromatic heterocycles. The van der Waals surface area contributed by atoms with Gasteiger partial charge in [-0.25, -0.2) is 0 Å². The third kappa shape index (κ3) is 2.16. The first-order valence-corrected chi connectivity index (χ1v) is 6.96. The summed E-state index contributed by atoms with van der Waals surface area (Å²) in [7, 11) is 0. The van der Waals surface area contributed by atoms with E-state index in [4.69, 9.17) is 5.73 Å². The SMILES string of the molecule is CC(N)(c1ccccc1)c1nnc2n1CCCCC2. The molecule has 0 amide bonds. The number of hydrogen-bond acceptors (Lipinski definition) is 3. The molecule has 2 aromatic rings. The maximum atomic E-state index is 6.56. The summed E-state index contributed by atoms with van der Waals surface area (Å²) >= 11 is 0. The monoisotopic (exact) mass is 256 g/mol. The highest BCUT2D eigenvalue weighted by molar-refractivity contribution is 5.30. The van der Waals surface area contributed by atoms with Crippen molar-refractivity contribution in [1.82, 2.24) is 14.8 Å². The van der Waals surface area contributed by atoms with Crippen LogP contribution in [0.25, 0.3) is 0 Å². The molecular weight excluding hydrogens is 236 g/mol. The highest BCUT2D eigenvalue weighted by atomic mass is 15.3. The molecular formula is C15H20N4. The summed E-state index contributed by atoms with van der Waals surface area (Å²) < 4.78 is 2.22. The summed E-state index contributed by atoms with van der Waals surface area (Å²) in [6.07, 6.45) is 4.65. The molecule has 0 saturated heterocycles. The van der Waals surface area contributed by atoms with E-state index in [1.54, 1.807) is 0 Å². The second-order valence-electron chi connectivity index (χ2n) is 5.47. The number of aryl methyl sites for hydroxylation is 1. The average Bonchev–Trinajstić information content (AvgIpc) is 2.70. The van der Waals surface area contributed by atoms with Gasteiger partial charge in [-0.2, -0.15) is 0 Å². The minimum absolute atomic E-state index is 0.586. The van der Waals surface area contributed by atoms with E-state index in [-0.39, 0.29) is 0 Å². The van der Waals surface area contributed by atoms with Gasteiger partial charge < -0.3 is 10.3 Å². The van der Waals surface area contributed by atoms with Crippen molar-refractivity contribution in [2.24, 2.45) is 5.73 Å². The molecule has 0 saturated carbocycles. The van der Waals surface area contributed by atoms with Gasteiger partial charge in [-0.05, 0) is 25.3 Å². The third-order valence-electron chi connectivity index (χ3n) is 3.95. The molecule has 0 aliphatic carbocycles. The van der Waals surface area contributed by atoms with E-state index in [2.05, 4.69) is 26.9 Å². The van der Waals surface area contributed by atoms with Gasteiger partial charge in [0.25, 0.3) is 0 Å². The van der Waals surface area contributed by atoms with Gasteiger partial charge in [-0.1, -0.05) is 36.8 Å². The fourth-order valence-corrected chi connectivity index (χ4v) is 2.78. The highest BCUT2D eigenvalue weighted by Crippen LogP contribution is 2.27. The lowest BCUT2D eigenvalue weighted by Crippen LogP contribution is -2.37. The Bertz CT molecular complexity index is 557. The van der Waals surface area contributed by atoms with E-state index in [0.717, 1.165) is 30.2 Å². The zero-order chi connectivity index (χ0) is 13.3. The molecule has 2 heterocycles. The van der Waals surface area contributed by atoms with Crippen molar-refractivity contribution in [1.29, 1.82) is 0 Å². The number of aromatic nitrogens is 3. The molecule has 4 heteroatoms. The average molecular weight is 256 g/mol. The first-order valence-electron chi connectivity index (χ1n) is 6.96. The number of hydrogen-bond donors (Lipinski definition) is 1. The Labute approximate surface area is 113 Å². The summed E-state index contributed by atoms with van der Waals surface area (Å²) in [5.41, 5.74) is 7.05. The zero-order valence-corrected chi connectivity index (χ0v) is 11.3. The maximum Gasteiger partial charge on any atom is 0.157 e. The van der Waals surface area contributed by atoms with Gasteiger partial charge in [0.05, 0.1) is 5.54 Å². The Morgan fingerprint density at radius 3 is 2.68 bits per heavy atom. The number of benzene rings is 1. The quantitative estimate of drug-likeness (QED) is 0.896. The van der Waals surface area contributed by atoms with Crippen LogP contribution in [-0.2, 0) is 18.5 Å². The second kappa shape index (κ2) is 4.78. The molecule has 0 bridgehead atoms. The van der Waals surface area contributed by atoms with Gasteiger partial charge in [0.1, 0.15) is 5.82 Å². The smallest absolute Gasteiger partial charge is 0.157 e. The Morgan fingerprint density at radius 2 is 1.89 bits per heavy atom. The lowest BCUT2D eigenvalue weighted by atomic mass is 9.92. The predicted molar refractivity (Wildman–Crippen MR) is 74.7 cm³/mol. The summed E-state index contributed by atoms with van der Waals surface area (Å²) in [4.78, 5) is 0. The van der Waals surface area contributed by atoms with Crippen LogP contribution in [0.1, 0.15) is 43.4 Å². The van der Waals surface area contributed by atoms with Crippen LogP contribution in [0.3, 0.4) is 0 Å². The molecule has 0 fully saturated rings. The van der Waals surface area contributed by atoms with Gasteiger partial charge in [-0.3, -0.25) is 0 Å². The Kier molecular flexibility index (Phi) is 3.11. The van der Waals surface area contributed by atoms with E-state index >= 15 is 0 Å². The van der Waals surface area contributed by atoms with Crippen molar-refractivity contribution in [3.8, 4) is 0 Å². The molecule has 100 valence electrons. The van der Waals surface area contributed by atoms with Crippen LogP contribution in [-0.4, -0.2) is 14.8 Å². The van der Waals surface area contributed by atoms with Gasteiger partial charge in [0.2, 0.25) is 0 Å². The van der Waals surface area contributed by atoms with Gasteiger partial charge >= 0.3 is 0 Å². The second-order valence-corrected chi connectivity index (χ2v) is 5.47. The molecule has 0 spiro atoms. The fourth-order valence-electron chi connectivity index (χ4n) is 2.78. The van der Waals surface area contributed by atoms with Gasteiger partial charge in [0.15, 0.2) is 5.82 Å². The van der Waals surface area contributed by atoms with E-state index in [0.29, 0.717) is 0 Å². The molecule has 1 aliphatic heterocycles. The first-order chi connectivity index (χ1) is 9.19. The summed E-state index contributed by atoms with van der Waals surface area (Å²) in [6, 6.07) is 10.1. The van der Waals surface area contributed by atoms with Crippen LogP contribution in [0.15, 0.2) is 30.3 Å². The molecule has 1 aromatic carbocycles. The summed E-state index contributed by atoms with van der Waals surface area (Å²) in [5, 5.41) is 8.72. The maximum absolute atomic E-state index is 6.56. The van der Waals surface area contributed by atoms with Crippen LogP contribution in [0.2, 0.25) is 0 Å². The standard InChI is InChI=1S/C15H20N4/c1-15(16,12-8-4-2-5-9-12)14-18-17-13-10-6-3-7-11-19(13)14/h2,4-5,8-9H,3,6-7,10-11,16H2,1H3. The fraction of sp³-hybridized carbons (Fsp3) is 0.467. The normalized spacial score (nSPS) is 18.4. The first kappa shape index (κ1) is 12.4. The van der Waals surface area contributed by atoms with Crippen molar-refractivity contribution in [3.05, 3.63) is 47.5 Å². The van der Waals surface area contributed by atoms with Crippen molar-refractivity contribution in [2.45, 2.75) is 44.7 Å². The Balaban J connectivity index is 2.04. The third-order valence-corrected chi connectivity index (χ3v) is 3.95. The lowest BCUT2D eigenvalue weighted by molar-refractivity contribution is 0.497. The summed E-state index contributed by atoms with van der Waals surface area (Å²) in [5.74, 6) is 1.97. The molecule has 3 rings (SSSR count). The highest BCUT2D eigenvalue weighted by Gasteiger charge is 2.31. The van der Waals surface area contributed by atoms with E-state index in [1.165, 1.54) is 19.3 Å². The van der Waals surface area contributed by atoms with Gasteiger partial charge in [0, 0.05) is 13.0 Å². The lowest BCUT2D eigenvalue weighted by Gasteiger charge is -2.25. The molecule has 1 aliphatic rings. The van der Waals surface area contributed by atoms with E-state index in [9.17, 15) is 0 Å². The van der Waals surface area contributed by atoms with Crippen LogP contribution in [0, 0.1) is 0 Å². The Morgan fingerprint density at radius 1 is 1.11 bits per heavy atom. The summed E-state index contributed by atoms with van der Waals surface area (Å²) in [6.45, 7) is 3.00. The number of nitrogens with zero attached hydrogens (tertiary/aromatic N) is 3. The number of rotatable bonds is 2. The molecule has 1 atom stereocenters. The minimum atomic E-state index is -0.586. The van der Waals surface area contributed by atoms with E-state index < -0.39 is 5.54 Å². The van der Waals surface area contributed by atoms with Crippen molar-refractivity contribution >= 4 is 0 Å². The van der Waals surface area contributed by atoms with Crippen LogP contribution < -0.4 is 5.73 Å². The minimum Gasteiger partial charge on any atom is -0.315 e. The van der Waals surface area contributed by atoms with E-state index in [1.807, 2.05) is 25.1 Å². The number of fused-ring (bicyclic) bond motifs is 1. The van der Waals surface area contributed by atoms with Crippen LogP contribution >= 0.6 is 0 Å². The van der Waals surface area contributed by atoms with Crippen LogP contribution in [0.4, 0.5) is 0 Å². The van der Waals surface area contributed by atoms with Crippen molar-refractivity contribution in [3.63, 3.8) is 0 Å². The van der Waals surface area contributed by atoms with Crippen molar-refractivity contribution in [2.75, 3.05) is 0 Å². The topological polar surface area (TPSA) is 56.7 Å². The molecule has 19 heavy (non-hydrogen) atoms. The van der Waals surface area contributed by atoms with Crippen molar-refractivity contribution < 1.29 is 0 Å². The molecule has 4 nitrogen and oxygen atoms in total. The predicted octanol–water partition coefficient (Wildman–Crippen LogP) is 2.23. The zero-order valence-electron chi connectivity index (χ0n) is 11.3. The molecule has 0 radical (unpaired) electrons. The Hall–Kier alpha value is -1.68. The molecule has 2 N–H and O–H groups in total. The largest absolute Gasteiger partial charge is 0.315 e. The van der Waals surface area contributed by atoms with Gasteiger partial charge in [-0.15, -0.1) is 10.2 Å². The number of nitrogens with two attached hydrogens (primary N) is 1. The van der Waals surface area contributed by atoms with Crippen LogP contribution in [0.5, 0.6) is 0 Å².